The lowest BCUT2D eigenvalue weighted by atomic mass is 9.95. The van der Waals surface area contributed by atoms with Gasteiger partial charge >= 0.3 is 0 Å². The summed E-state index contributed by atoms with van der Waals surface area (Å²) in [6, 6.07) is 6.23. The number of fused-ring (bicyclic) bond motifs is 1. The average molecular weight is 227 g/mol. The predicted molar refractivity (Wildman–Crippen MR) is 68.8 cm³/mol. The van der Waals surface area contributed by atoms with Crippen LogP contribution in [0.1, 0.15) is 30.4 Å². The van der Waals surface area contributed by atoms with Crippen LogP contribution >= 0.6 is 0 Å². The Morgan fingerprint density at radius 2 is 2.24 bits per heavy atom. The largest absolute Gasteiger partial charge is 0.398 e. The van der Waals surface area contributed by atoms with Gasteiger partial charge < -0.3 is 10.6 Å². The van der Waals surface area contributed by atoms with E-state index in [1.165, 1.54) is 24.1 Å². The van der Waals surface area contributed by atoms with Crippen LogP contribution in [-0.2, 0) is 6.42 Å². The highest BCUT2D eigenvalue weighted by atomic mass is 15.1. The molecular weight excluding hydrogens is 210 g/mol. The van der Waals surface area contributed by atoms with Crippen LogP contribution in [0.3, 0.4) is 0 Å². The molecule has 0 radical (unpaired) electrons. The normalized spacial score (nSPS) is 18.6. The van der Waals surface area contributed by atoms with E-state index in [0.717, 1.165) is 31.8 Å². The second-order valence-electron chi connectivity index (χ2n) is 5.13. The molecule has 1 saturated carbocycles. The minimum atomic E-state index is 0.625. The van der Waals surface area contributed by atoms with Crippen LogP contribution < -0.4 is 10.6 Å². The van der Waals surface area contributed by atoms with Gasteiger partial charge in [-0.25, -0.2) is 0 Å². The molecule has 0 aromatic heterocycles. The zero-order valence-corrected chi connectivity index (χ0v) is 9.95. The van der Waals surface area contributed by atoms with E-state index >= 15 is 0 Å². The smallest absolute Gasteiger partial charge is 0.102 e. The third kappa shape index (κ3) is 1.84. The van der Waals surface area contributed by atoms with E-state index in [-0.39, 0.29) is 0 Å². The number of nitrogens with zero attached hydrogens (tertiary/aromatic N) is 2. The number of hydrogen-bond donors (Lipinski definition) is 1. The van der Waals surface area contributed by atoms with Crippen molar-refractivity contribution in [1.82, 2.24) is 0 Å². The van der Waals surface area contributed by atoms with Crippen molar-refractivity contribution in [2.24, 2.45) is 5.92 Å². The van der Waals surface area contributed by atoms with Crippen molar-refractivity contribution in [3.8, 4) is 6.07 Å². The van der Waals surface area contributed by atoms with Gasteiger partial charge in [0.1, 0.15) is 6.07 Å². The van der Waals surface area contributed by atoms with Crippen molar-refractivity contribution in [3.63, 3.8) is 0 Å². The van der Waals surface area contributed by atoms with Gasteiger partial charge in [-0.05, 0) is 49.3 Å². The molecule has 1 aromatic rings. The van der Waals surface area contributed by atoms with Crippen LogP contribution in [0.4, 0.5) is 11.4 Å². The molecule has 0 spiro atoms. The Bertz CT molecular complexity index is 483. The Hall–Kier alpha value is -1.69. The fraction of sp³-hybridized carbons (Fsp3) is 0.500. The quantitative estimate of drug-likeness (QED) is 0.789. The molecule has 88 valence electrons. The van der Waals surface area contributed by atoms with Crippen molar-refractivity contribution < 1.29 is 0 Å². The zero-order chi connectivity index (χ0) is 11.8. The summed E-state index contributed by atoms with van der Waals surface area (Å²) in [6.45, 7) is 2.28. The van der Waals surface area contributed by atoms with E-state index in [9.17, 15) is 5.26 Å². The molecule has 0 saturated heterocycles. The van der Waals surface area contributed by atoms with Crippen LogP contribution in [0.2, 0.25) is 0 Å². The maximum absolute atomic E-state index is 9.21. The average Bonchev–Trinajstić information content (AvgIpc) is 3.13. The molecule has 0 bridgehead atoms. The lowest BCUT2D eigenvalue weighted by molar-refractivity contribution is 0.657. The van der Waals surface area contributed by atoms with E-state index in [0.29, 0.717) is 11.3 Å². The molecule has 17 heavy (non-hydrogen) atoms. The molecule has 1 heterocycles. The van der Waals surface area contributed by atoms with Crippen LogP contribution in [-0.4, -0.2) is 13.1 Å². The third-order valence-corrected chi connectivity index (χ3v) is 3.80. The fourth-order valence-electron chi connectivity index (χ4n) is 2.71. The van der Waals surface area contributed by atoms with Gasteiger partial charge in [0.05, 0.1) is 5.56 Å². The Labute approximate surface area is 102 Å². The monoisotopic (exact) mass is 227 g/mol. The van der Waals surface area contributed by atoms with E-state index in [2.05, 4.69) is 17.0 Å². The Morgan fingerprint density at radius 3 is 2.94 bits per heavy atom. The molecular formula is C14H17N3. The summed E-state index contributed by atoms with van der Waals surface area (Å²) in [4.78, 5) is 2.44. The van der Waals surface area contributed by atoms with Crippen molar-refractivity contribution in [1.29, 1.82) is 5.26 Å². The standard InChI is InChI=1S/C14H17N3/c15-8-12-11-2-1-7-17(9-10-3-4-10)14(11)6-5-13(12)16/h5-6,10H,1-4,7,9,16H2. The summed E-state index contributed by atoms with van der Waals surface area (Å²) >= 11 is 0. The van der Waals surface area contributed by atoms with E-state index < -0.39 is 0 Å². The highest BCUT2D eigenvalue weighted by molar-refractivity contribution is 5.70. The molecule has 1 aromatic carbocycles. The summed E-state index contributed by atoms with van der Waals surface area (Å²) in [7, 11) is 0. The minimum absolute atomic E-state index is 0.625. The predicted octanol–water partition coefficient (Wildman–Crippen LogP) is 2.30. The first-order valence-corrected chi connectivity index (χ1v) is 6.36. The van der Waals surface area contributed by atoms with Crippen LogP contribution in [0, 0.1) is 17.2 Å². The van der Waals surface area contributed by atoms with E-state index in [1.54, 1.807) is 0 Å². The first-order chi connectivity index (χ1) is 8.29. The topological polar surface area (TPSA) is 53.1 Å². The number of nitrogens with two attached hydrogens (primary N) is 1. The van der Waals surface area contributed by atoms with Crippen molar-refractivity contribution >= 4 is 11.4 Å². The molecule has 1 aliphatic carbocycles. The lowest BCUT2D eigenvalue weighted by Gasteiger charge is -2.32. The third-order valence-electron chi connectivity index (χ3n) is 3.80. The number of nitrogen functional groups attached to an aromatic ring is 1. The van der Waals surface area contributed by atoms with Gasteiger partial charge in [-0.15, -0.1) is 0 Å². The first-order valence-electron chi connectivity index (χ1n) is 6.36. The Morgan fingerprint density at radius 1 is 1.41 bits per heavy atom. The first kappa shape index (κ1) is 10.5. The van der Waals surface area contributed by atoms with Gasteiger partial charge in [-0.1, -0.05) is 0 Å². The SMILES string of the molecule is N#Cc1c(N)ccc2c1CCCN2CC1CC1. The fourth-order valence-corrected chi connectivity index (χ4v) is 2.71. The number of anilines is 2. The summed E-state index contributed by atoms with van der Waals surface area (Å²) in [5, 5.41) is 9.21. The van der Waals surface area contributed by atoms with Gasteiger partial charge in [0, 0.05) is 24.5 Å². The van der Waals surface area contributed by atoms with Crippen molar-refractivity contribution in [3.05, 3.63) is 23.3 Å². The molecule has 3 nitrogen and oxygen atoms in total. The minimum Gasteiger partial charge on any atom is -0.398 e. The summed E-state index contributed by atoms with van der Waals surface area (Å²) in [6.07, 6.45) is 4.86. The molecule has 0 atom stereocenters. The summed E-state index contributed by atoms with van der Waals surface area (Å²) in [5.41, 5.74) is 9.61. The van der Waals surface area contributed by atoms with Gasteiger partial charge in [0.15, 0.2) is 0 Å². The van der Waals surface area contributed by atoms with E-state index in [4.69, 9.17) is 5.73 Å². The highest BCUT2D eigenvalue weighted by Crippen LogP contribution is 2.36. The van der Waals surface area contributed by atoms with Crippen LogP contribution in [0.25, 0.3) is 0 Å². The molecule has 3 heteroatoms. The summed E-state index contributed by atoms with van der Waals surface area (Å²) < 4.78 is 0. The molecule has 3 rings (SSSR count). The maximum Gasteiger partial charge on any atom is 0.102 e. The Balaban J connectivity index is 1.99. The van der Waals surface area contributed by atoms with Gasteiger partial charge in [-0.3, -0.25) is 0 Å². The molecule has 0 unspecified atom stereocenters. The zero-order valence-electron chi connectivity index (χ0n) is 9.95. The second-order valence-corrected chi connectivity index (χ2v) is 5.13. The highest BCUT2D eigenvalue weighted by Gasteiger charge is 2.27. The van der Waals surface area contributed by atoms with Crippen molar-refractivity contribution in [2.45, 2.75) is 25.7 Å². The summed E-state index contributed by atoms with van der Waals surface area (Å²) in [5.74, 6) is 0.879. The van der Waals surface area contributed by atoms with Gasteiger partial charge in [-0.2, -0.15) is 5.26 Å². The number of nitriles is 1. The molecule has 1 fully saturated rings. The van der Waals surface area contributed by atoms with Crippen LogP contribution in [0.5, 0.6) is 0 Å². The Kier molecular flexibility index (Phi) is 2.44. The molecule has 1 aliphatic heterocycles. The number of rotatable bonds is 2. The van der Waals surface area contributed by atoms with Crippen molar-refractivity contribution in [2.75, 3.05) is 23.7 Å². The lowest BCUT2D eigenvalue weighted by Crippen LogP contribution is -2.31. The number of benzene rings is 1. The van der Waals surface area contributed by atoms with Gasteiger partial charge in [0.25, 0.3) is 0 Å². The molecule has 2 N–H and O–H groups in total. The number of hydrogen-bond acceptors (Lipinski definition) is 3. The molecule has 0 amide bonds. The second kappa shape index (κ2) is 3.96. The maximum atomic E-state index is 9.21. The van der Waals surface area contributed by atoms with Gasteiger partial charge in [0.2, 0.25) is 0 Å². The van der Waals surface area contributed by atoms with Crippen LogP contribution in [0.15, 0.2) is 12.1 Å². The molecule has 2 aliphatic rings. The van der Waals surface area contributed by atoms with E-state index in [1.807, 2.05) is 6.07 Å².